The van der Waals surface area contributed by atoms with E-state index < -0.39 is 0 Å². The van der Waals surface area contributed by atoms with E-state index in [0.29, 0.717) is 5.41 Å². The second-order valence-electron chi connectivity index (χ2n) is 5.06. The van der Waals surface area contributed by atoms with E-state index in [1.54, 1.807) is 0 Å². The summed E-state index contributed by atoms with van der Waals surface area (Å²) in [5, 5.41) is 3.49. The Morgan fingerprint density at radius 3 is 2.18 bits per heavy atom. The molecule has 0 aliphatic carbocycles. The topological polar surface area (TPSA) is 12.0 Å². The van der Waals surface area contributed by atoms with Crippen LogP contribution in [0.15, 0.2) is 0 Å². The fraction of sp³-hybridized carbons (Fsp3) is 1.00. The van der Waals surface area contributed by atoms with Crippen LogP contribution in [0.1, 0.15) is 34.1 Å². The largest absolute Gasteiger partial charge is 0.316 e. The van der Waals surface area contributed by atoms with Crippen molar-refractivity contribution in [1.82, 2.24) is 5.32 Å². The van der Waals surface area contributed by atoms with Gasteiger partial charge in [0.1, 0.15) is 0 Å². The third kappa shape index (κ3) is 2.48. The molecule has 0 saturated carbocycles. The molecular formula is C10H21N. The van der Waals surface area contributed by atoms with E-state index >= 15 is 0 Å². The van der Waals surface area contributed by atoms with Gasteiger partial charge in [-0.05, 0) is 36.8 Å². The smallest absolute Gasteiger partial charge is 0.00153 e. The minimum atomic E-state index is 0.488. The Labute approximate surface area is 70.6 Å². The lowest BCUT2D eigenvalue weighted by atomic mass is 9.74. The van der Waals surface area contributed by atoms with E-state index in [-0.39, 0.29) is 0 Å². The minimum absolute atomic E-state index is 0.488. The van der Waals surface area contributed by atoms with Crippen LogP contribution < -0.4 is 5.32 Å². The van der Waals surface area contributed by atoms with Gasteiger partial charge in [-0.25, -0.2) is 0 Å². The zero-order valence-electron chi connectivity index (χ0n) is 8.28. The summed E-state index contributed by atoms with van der Waals surface area (Å²) < 4.78 is 0. The van der Waals surface area contributed by atoms with Gasteiger partial charge in [-0.2, -0.15) is 0 Å². The normalized spacial score (nSPS) is 33.8. The molecule has 0 aromatic heterocycles. The maximum absolute atomic E-state index is 3.49. The van der Waals surface area contributed by atoms with Gasteiger partial charge in [0, 0.05) is 0 Å². The quantitative estimate of drug-likeness (QED) is 0.566. The molecule has 0 aromatic carbocycles. The Hall–Kier alpha value is -0.0400. The average Bonchev–Trinajstić information content (AvgIpc) is 1.86. The van der Waals surface area contributed by atoms with Crippen LogP contribution in [-0.2, 0) is 0 Å². The standard InChI is InChI=1S/C10H21N/c1-8-5-9(7-11-6-8)10(2,3)4/h8-9,11H,5-7H2,1-4H3. The van der Waals surface area contributed by atoms with E-state index in [1.807, 2.05) is 0 Å². The molecule has 0 radical (unpaired) electrons. The molecule has 1 nitrogen and oxygen atoms in total. The molecule has 1 heteroatoms. The van der Waals surface area contributed by atoms with Crippen LogP contribution in [0.4, 0.5) is 0 Å². The van der Waals surface area contributed by atoms with Gasteiger partial charge in [0.25, 0.3) is 0 Å². The van der Waals surface area contributed by atoms with Gasteiger partial charge in [-0.1, -0.05) is 27.7 Å². The molecule has 1 rings (SSSR count). The van der Waals surface area contributed by atoms with Crippen LogP contribution in [-0.4, -0.2) is 13.1 Å². The molecule has 1 saturated heterocycles. The van der Waals surface area contributed by atoms with Crippen LogP contribution in [0.5, 0.6) is 0 Å². The monoisotopic (exact) mass is 155 g/mol. The highest BCUT2D eigenvalue weighted by Crippen LogP contribution is 2.32. The van der Waals surface area contributed by atoms with Crippen molar-refractivity contribution in [2.45, 2.75) is 34.1 Å². The summed E-state index contributed by atoms with van der Waals surface area (Å²) >= 11 is 0. The molecule has 0 spiro atoms. The summed E-state index contributed by atoms with van der Waals surface area (Å²) in [6.07, 6.45) is 1.40. The highest BCUT2D eigenvalue weighted by molar-refractivity contribution is 4.81. The number of piperidine rings is 1. The van der Waals surface area contributed by atoms with E-state index in [2.05, 4.69) is 33.0 Å². The van der Waals surface area contributed by atoms with Crippen molar-refractivity contribution in [3.05, 3.63) is 0 Å². The summed E-state index contributed by atoms with van der Waals surface area (Å²) in [7, 11) is 0. The van der Waals surface area contributed by atoms with Crippen LogP contribution in [0.25, 0.3) is 0 Å². The molecule has 0 aromatic rings. The first-order chi connectivity index (χ1) is 5.00. The average molecular weight is 155 g/mol. The molecule has 2 atom stereocenters. The van der Waals surface area contributed by atoms with E-state index in [4.69, 9.17) is 0 Å². The first-order valence-electron chi connectivity index (χ1n) is 4.71. The molecule has 1 N–H and O–H groups in total. The van der Waals surface area contributed by atoms with Gasteiger partial charge >= 0.3 is 0 Å². The van der Waals surface area contributed by atoms with Crippen molar-refractivity contribution in [1.29, 1.82) is 0 Å². The third-order valence-electron chi connectivity index (χ3n) is 2.80. The molecule has 0 bridgehead atoms. The number of nitrogens with one attached hydrogen (secondary N) is 1. The van der Waals surface area contributed by atoms with Gasteiger partial charge in [0.15, 0.2) is 0 Å². The number of hydrogen-bond donors (Lipinski definition) is 1. The summed E-state index contributed by atoms with van der Waals surface area (Å²) in [6, 6.07) is 0. The Morgan fingerprint density at radius 2 is 1.82 bits per heavy atom. The first-order valence-corrected chi connectivity index (χ1v) is 4.71. The molecule has 1 aliphatic heterocycles. The predicted molar refractivity (Wildman–Crippen MR) is 49.6 cm³/mol. The molecular weight excluding hydrogens is 134 g/mol. The van der Waals surface area contributed by atoms with Crippen molar-refractivity contribution in [3.8, 4) is 0 Å². The van der Waals surface area contributed by atoms with Crippen molar-refractivity contribution < 1.29 is 0 Å². The summed E-state index contributed by atoms with van der Waals surface area (Å²) in [6.45, 7) is 11.8. The Bertz CT molecular complexity index is 123. The molecule has 1 heterocycles. The highest BCUT2D eigenvalue weighted by Gasteiger charge is 2.28. The lowest BCUT2D eigenvalue weighted by Crippen LogP contribution is -2.40. The molecule has 0 amide bonds. The Morgan fingerprint density at radius 1 is 1.18 bits per heavy atom. The molecule has 1 fully saturated rings. The van der Waals surface area contributed by atoms with Crippen molar-refractivity contribution in [2.24, 2.45) is 17.3 Å². The van der Waals surface area contributed by atoms with E-state index in [0.717, 1.165) is 11.8 Å². The maximum Gasteiger partial charge on any atom is -0.00153 e. The summed E-state index contributed by atoms with van der Waals surface area (Å²) in [5.41, 5.74) is 0.488. The van der Waals surface area contributed by atoms with Crippen LogP contribution in [0, 0.1) is 17.3 Å². The summed E-state index contributed by atoms with van der Waals surface area (Å²) in [5.74, 6) is 1.74. The highest BCUT2D eigenvalue weighted by atomic mass is 14.9. The van der Waals surface area contributed by atoms with Gasteiger partial charge < -0.3 is 5.32 Å². The molecule has 2 unspecified atom stereocenters. The van der Waals surface area contributed by atoms with Crippen molar-refractivity contribution in [3.63, 3.8) is 0 Å². The number of rotatable bonds is 0. The second-order valence-corrected chi connectivity index (χ2v) is 5.06. The molecule has 11 heavy (non-hydrogen) atoms. The van der Waals surface area contributed by atoms with Crippen LogP contribution in [0.2, 0.25) is 0 Å². The van der Waals surface area contributed by atoms with E-state index in [9.17, 15) is 0 Å². The zero-order valence-corrected chi connectivity index (χ0v) is 8.28. The first kappa shape index (κ1) is 9.05. The van der Waals surface area contributed by atoms with Gasteiger partial charge in [0.05, 0.1) is 0 Å². The zero-order chi connectivity index (χ0) is 8.48. The third-order valence-corrected chi connectivity index (χ3v) is 2.80. The maximum atomic E-state index is 3.49. The number of hydrogen-bond acceptors (Lipinski definition) is 1. The van der Waals surface area contributed by atoms with E-state index in [1.165, 1.54) is 19.5 Å². The Balaban J connectivity index is 2.46. The SMILES string of the molecule is CC1CNCC(C(C)(C)C)C1. The van der Waals surface area contributed by atoms with Crippen molar-refractivity contribution >= 4 is 0 Å². The van der Waals surface area contributed by atoms with Crippen LogP contribution >= 0.6 is 0 Å². The van der Waals surface area contributed by atoms with Gasteiger partial charge in [0.2, 0.25) is 0 Å². The molecule has 1 aliphatic rings. The fourth-order valence-electron chi connectivity index (χ4n) is 1.82. The lowest BCUT2D eigenvalue weighted by Gasteiger charge is -2.37. The fourth-order valence-corrected chi connectivity index (χ4v) is 1.82. The minimum Gasteiger partial charge on any atom is -0.316 e. The second kappa shape index (κ2) is 3.14. The predicted octanol–water partition coefficient (Wildman–Crippen LogP) is 2.28. The molecule has 66 valence electrons. The Kier molecular flexibility index (Phi) is 2.58. The van der Waals surface area contributed by atoms with Crippen molar-refractivity contribution in [2.75, 3.05) is 13.1 Å². The van der Waals surface area contributed by atoms with Crippen LogP contribution in [0.3, 0.4) is 0 Å². The van der Waals surface area contributed by atoms with Gasteiger partial charge in [-0.15, -0.1) is 0 Å². The lowest BCUT2D eigenvalue weighted by molar-refractivity contribution is 0.163. The summed E-state index contributed by atoms with van der Waals surface area (Å²) in [4.78, 5) is 0. The van der Waals surface area contributed by atoms with Gasteiger partial charge in [-0.3, -0.25) is 0 Å².